The summed E-state index contributed by atoms with van der Waals surface area (Å²) in [5, 5.41) is 0. The van der Waals surface area contributed by atoms with E-state index >= 15 is 0 Å². The third-order valence-corrected chi connectivity index (χ3v) is 3.52. The third kappa shape index (κ3) is 17.4. The van der Waals surface area contributed by atoms with E-state index in [9.17, 15) is 24.0 Å². The molecule has 157 valence electrons. The summed E-state index contributed by atoms with van der Waals surface area (Å²) >= 11 is 0. The molecule has 0 fully saturated rings. The van der Waals surface area contributed by atoms with Crippen LogP contribution in [0.4, 0.5) is 0 Å². The van der Waals surface area contributed by atoms with E-state index in [0.717, 1.165) is 0 Å². The van der Waals surface area contributed by atoms with Crippen molar-refractivity contribution in [3.63, 3.8) is 0 Å². The fourth-order valence-electron chi connectivity index (χ4n) is 2.66. The molecule has 0 rings (SSSR count). The Bertz CT molecular complexity index is 482. The fraction of sp³-hybridized carbons (Fsp3) is 0.684. The Morgan fingerprint density at radius 2 is 0.893 bits per heavy atom. The van der Waals surface area contributed by atoms with Crippen molar-refractivity contribution in [1.82, 2.24) is 14.7 Å². The van der Waals surface area contributed by atoms with Crippen molar-refractivity contribution in [2.75, 3.05) is 52.4 Å². The Balaban J connectivity index is 0. The predicted molar refractivity (Wildman–Crippen MR) is 102 cm³/mol. The van der Waals surface area contributed by atoms with E-state index in [1.54, 1.807) is 16.3 Å². The van der Waals surface area contributed by atoms with Crippen molar-refractivity contribution >= 4 is 28.9 Å². The van der Waals surface area contributed by atoms with Crippen LogP contribution >= 0.6 is 0 Å². The first-order valence-corrected chi connectivity index (χ1v) is 8.98. The second-order valence-electron chi connectivity index (χ2n) is 7.04. The average molecular weight is 471 g/mol. The molecule has 0 aromatic rings. The molecule has 0 bridgehead atoms. The predicted octanol–water partition coefficient (Wildman–Crippen LogP) is -0.00331. The summed E-state index contributed by atoms with van der Waals surface area (Å²) in [5.74, 6) is -0.192. The monoisotopic (exact) mass is 471 g/mol. The zero-order valence-corrected chi connectivity index (χ0v) is 20.5. The number of carbonyl (C=O) groups is 5. The van der Waals surface area contributed by atoms with E-state index in [1.165, 1.54) is 34.6 Å². The molecule has 1 radical (unpaired) electrons. The van der Waals surface area contributed by atoms with Crippen molar-refractivity contribution in [2.24, 2.45) is 0 Å². The Kier molecular flexibility index (Phi) is 17.1. The number of hydrogen-bond donors (Lipinski definition) is 0. The molecule has 0 saturated heterocycles. The molecular formula is C19H32N3O5Y-. The molecule has 0 heterocycles. The zero-order valence-electron chi connectivity index (χ0n) is 17.7. The van der Waals surface area contributed by atoms with E-state index in [0.29, 0.717) is 19.6 Å². The van der Waals surface area contributed by atoms with Gasteiger partial charge in [0.05, 0.1) is 19.6 Å². The minimum Gasteiger partial charge on any atom is -0.443 e. The molecule has 0 saturated carbocycles. The van der Waals surface area contributed by atoms with Crippen LogP contribution in [0.5, 0.6) is 0 Å². The minimum atomic E-state index is -0.0558. The maximum atomic E-state index is 11.6. The van der Waals surface area contributed by atoms with Crippen LogP contribution in [0, 0.1) is 6.54 Å². The third-order valence-electron chi connectivity index (χ3n) is 3.52. The Morgan fingerprint density at radius 1 is 0.571 bits per heavy atom. The van der Waals surface area contributed by atoms with Gasteiger partial charge in [-0.05, 0) is 34.6 Å². The Labute approximate surface area is 193 Å². The average Bonchev–Trinajstić information content (AvgIpc) is 2.46. The number of hydrogen-bond acceptors (Lipinski definition) is 8. The maximum Gasteiger partial charge on any atom is 0.143 e. The van der Waals surface area contributed by atoms with Crippen molar-refractivity contribution in [1.29, 1.82) is 0 Å². The smallest absolute Gasteiger partial charge is 0.143 e. The first-order chi connectivity index (χ1) is 12.5. The topological polar surface area (TPSA) is 95.1 Å². The summed E-state index contributed by atoms with van der Waals surface area (Å²) in [6, 6.07) is 0. The Morgan fingerprint density at radius 3 is 1.25 bits per heavy atom. The van der Waals surface area contributed by atoms with Crippen LogP contribution in [0.1, 0.15) is 34.6 Å². The summed E-state index contributed by atoms with van der Waals surface area (Å²) < 4.78 is 0. The standard InChI is InChI=1S/C19H32N3O5.Y/c1-15(23)10-20(6-8-21(11-16(2)24)12-17(3)25)7-9-22(13-18(4)26)14-19(5)27;/h8H,6-7,9-14H2,1-5H3;/q-1;. The molecule has 0 aromatic carbocycles. The first-order valence-electron chi connectivity index (χ1n) is 8.98. The SMILES string of the molecule is CC(=O)CN([CH-]CN(CCN(CC(C)=O)CC(C)=O)CC(C)=O)CC(C)=O.[Y]. The van der Waals surface area contributed by atoms with Gasteiger partial charge in [0.15, 0.2) is 0 Å². The minimum absolute atomic E-state index is 0. The number of Topliss-reactive ketones (excluding diaryl/α,β-unsaturated/α-hetero) is 5. The second-order valence-corrected chi connectivity index (χ2v) is 7.04. The maximum absolute atomic E-state index is 11.6. The molecule has 0 aliphatic heterocycles. The van der Waals surface area contributed by atoms with Gasteiger partial charge in [0, 0.05) is 58.9 Å². The summed E-state index contributed by atoms with van der Waals surface area (Å²) in [7, 11) is 0. The van der Waals surface area contributed by atoms with Gasteiger partial charge in [-0.1, -0.05) is 0 Å². The van der Waals surface area contributed by atoms with E-state index in [4.69, 9.17) is 0 Å². The molecule has 9 heteroatoms. The number of nitrogens with zero attached hydrogens (tertiary/aromatic N) is 3. The van der Waals surface area contributed by atoms with Crippen LogP contribution in [0.25, 0.3) is 0 Å². The van der Waals surface area contributed by atoms with Gasteiger partial charge < -0.3 is 9.80 Å². The number of rotatable bonds is 16. The van der Waals surface area contributed by atoms with Gasteiger partial charge in [0.25, 0.3) is 0 Å². The Hall–Kier alpha value is -0.666. The molecule has 0 atom stereocenters. The van der Waals surface area contributed by atoms with E-state index in [1.807, 2.05) is 4.90 Å². The summed E-state index contributed by atoms with van der Waals surface area (Å²) in [5.41, 5.74) is 0. The molecular weight excluding hydrogens is 439 g/mol. The molecule has 0 N–H and O–H groups in total. The first kappa shape index (κ1) is 29.5. The van der Waals surface area contributed by atoms with Crippen LogP contribution < -0.4 is 0 Å². The van der Waals surface area contributed by atoms with Gasteiger partial charge in [-0.3, -0.25) is 35.4 Å². The molecule has 8 nitrogen and oxygen atoms in total. The molecule has 0 aromatic heterocycles. The van der Waals surface area contributed by atoms with Crippen LogP contribution in [-0.2, 0) is 56.7 Å². The second kappa shape index (κ2) is 16.2. The van der Waals surface area contributed by atoms with Crippen LogP contribution in [0.2, 0.25) is 0 Å². The van der Waals surface area contributed by atoms with Crippen molar-refractivity contribution in [2.45, 2.75) is 34.6 Å². The van der Waals surface area contributed by atoms with Gasteiger partial charge >= 0.3 is 0 Å². The van der Waals surface area contributed by atoms with Gasteiger partial charge in [-0.25, -0.2) is 0 Å². The molecule has 0 unspecified atom stereocenters. The molecule has 28 heavy (non-hydrogen) atoms. The van der Waals surface area contributed by atoms with Crippen LogP contribution in [0.15, 0.2) is 0 Å². The van der Waals surface area contributed by atoms with E-state index < -0.39 is 0 Å². The largest absolute Gasteiger partial charge is 0.443 e. The van der Waals surface area contributed by atoms with Gasteiger partial charge in [-0.15, -0.1) is 6.54 Å². The van der Waals surface area contributed by atoms with Crippen LogP contribution in [-0.4, -0.2) is 96.0 Å². The van der Waals surface area contributed by atoms with Gasteiger partial charge in [0.1, 0.15) is 28.9 Å². The number of carbonyl (C=O) groups excluding carboxylic acids is 5. The molecule has 0 aliphatic carbocycles. The van der Waals surface area contributed by atoms with Crippen LogP contribution in [0.3, 0.4) is 0 Å². The molecule has 0 amide bonds. The van der Waals surface area contributed by atoms with Crippen molar-refractivity contribution in [3.05, 3.63) is 6.54 Å². The van der Waals surface area contributed by atoms with Gasteiger partial charge in [-0.2, -0.15) is 0 Å². The summed E-state index contributed by atoms with van der Waals surface area (Å²) in [6.07, 6.45) is 0. The fourth-order valence-corrected chi connectivity index (χ4v) is 2.66. The zero-order chi connectivity index (χ0) is 21.0. The van der Waals surface area contributed by atoms with Crippen molar-refractivity contribution < 1.29 is 56.7 Å². The summed E-state index contributed by atoms with van der Waals surface area (Å²) in [4.78, 5) is 62.3. The van der Waals surface area contributed by atoms with Crippen molar-refractivity contribution in [3.8, 4) is 0 Å². The molecule has 0 aliphatic rings. The summed E-state index contributed by atoms with van der Waals surface area (Å²) in [6.45, 7) is 11.2. The van der Waals surface area contributed by atoms with E-state index in [2.05, 4.69) is 0 Å². The number of ketones is 5. The molecule has 0 spiro atoms. The van der Waals surface area contributed by atoms with E-state index in [-0.39, 0.29) is 94.3 Å². The quantitative estimate of drug-likeness (QED) is 0.291. The normalized spacial score (nSPS) is 10.9. The van der Waals surface area contributed by atoms with Gasteiger partial charge in [0.2, 0.25) is 0 Å².